The van der Waals surface area contributed by atoms with Gasteiger partial charge < -0.3 is 14.2 Å². The van der Waals surface area contributed by atoms with E-state index in [1.807, 2.05) is 25.1 Å². The first-order valence-corrected chi connectivity index (χ1v) is 5.77. The number of aryl methyl sites for hydroxylation is 1. The van der Waals surface area contributed by atoms with Crippen molar-refractivity contribution in [3.8, 4) is 5.75 Å². The maximum atomic E-state index is 5.26. The van der Waals surface area contributed by atoms with Gasteiger partial charge in [0.15, 0.2) is 0 Å². The molecule has 0 saturated carbocycles. The largest absolute Gasteiger partial charge is 0.497 e. The number of hydrogen-bond acceptors (Lipinski definition) is 3. The summed E-state index contributed by atoms with van der Waals surface area (Å²) in [6, 6.07) is 6.00. The first-order chi connectivity index (χ1) is 8.11. The van der Waals surface area contributed by atoms with Crippen molar-refractivity contribution < 1.29 is 4.74 Å². The molecule has 0 unspecified atom stereocenters. The smallest absolute Gasteiger partial charge is 0.121 e. The molecule has 1 heterocycles. The number of likely N-dealkylation sites (N-methyl/N-ethyl adjacent to an activating group) is 1. The molecular weight excluding hydrogens is 214 g/mol. The van der Waals surface area contributed by atoms with Crippen molar-refractivity contribution >= 4 is 11.0 Å². The molecule has 2 rings (SSSR count). The highest BCUT2D eigenvalue weighted by atomic mass is 16.5. The Morgan fingerprint density at radius 3 is 2.76 bits per heavy atom. The number of nitrogens with zero attached hydrogens (tertiary/aromatic N) is 3. The van der Waals surface area contributed by atoms with Crippen LogP contribution in [0.1, 0.15) is 5.82 Å². The SMILES string of the molecule is COc1ccc2nc(C)n(CCN(C)C)c2c1. The van der Waals surface area contributed by atoms with E-state index in [2.05, 4.69) is 28.5 Å². The summed E-state index contributed by atoms with van der Waals surface area (Å²) in [5, 5.41) is 0. The van der Waals surface area contributed by atoms with E-state index < -0.39 is 0 Å². The van der Waals surface area contributed by atoms with E-state index in [9.17, 15) is 0 Å². The van der Waals surface area contributed by atoms with Crippen LogP contribution in [0.2, 0.25) is 0 Å². The van der Waals surface area contributed by atoms with E-state index >= 15 is 0 Å². The lowest BCUT2D eigenvalue weighted by Crippen LogP contribution is -2.18. The fraction of sp³-hybridized carbons (Fsp3) is 0.462. The molecule has 0 N–H and O–H groups in total. The summed E-state index contributed by atoms with van der Waals surface area (Å²) in [7, 11) is 5.85. The van der Waals surface area contributed by atoms with E-state index in [4.69, 9.17) is 4.74 Å². The molecule has 92 valence electrons. The minimum atomic E-state index is 0.878. The van der Waals surface area contributed by atoms with Crippen molar-refractivity contribution in [2.75, 3.05) is 27.7 Å². The minimum absolute atomic E-state index is 0.878. The summed E-state index contributed by atoms with van der Waals surface area (Å²) in [5.41, 5.74) is 2.17. The van der Waals surface area contributed by atoms with Crippen molar-refractivity contribution in [3.05, 3.63) is 24.0 Å². The Labute approximate surface area is 102 Å². The fourth-order valence-corrected chi connectivity index (χ4v) is 1.93. The molecule has 2 aromatic rings. The molecule has 1 aromatic heterocycles. The molecule has 0 aliphatic heterocycles. The Hall–Kier alpha value is -1.55. The van der Waals surface area contributed by atoms with Crippen LogP contribution >= 0.6 is 0 Å². The third kappa shape index (κ3) is 2.42. The molecule has 4 heteroatoms. The Morgan fingerprint density at radius 2 is 2.12 bits per heavy atom. The van der Waals surface area contributed by atoms with Crippen LogP contribution in [0.5, 0.6) is 5.75 Å². The van der Waals surface area contributed by atoms with E-state index in [-0.39, 0.29) is 0 Å². The molecule has 0 fully saturated rings. The third-order valence-electron chi connectivity index (χ3n) is 2.92. The predicted octanol–water partition coefficient (Wildman–Crippen LogP) is 1.91. The number of ether oxygens (including phenoxy) is 1. The van der Waals surface area contributed by atoms with Crippen LogP contribution in [0.15, 0.2) is 18.2 Å². The highest BCUT2D eigenvalue weighted by Gasteiger charge is 2.08. The maximum Gasteiger partial charge on any atom is 0.121 e. The molecule has 0 aliphatic carbocycles. The standard InChI is InChI=1S/C13H19N3O/c1-10-14-12-6-5-11(17-4)9-13(12)16(10)8-7-15(2)3/h5-6,9H,7-8H2,1-4H3. The number of hydrogen-bond donors (Lipinski definition) is 0. The third-order valence-corrected chi connectivity index (χ3v) is 2.92. The van der Waals surface area contributed by atoms with Crippen molar-refractivity contribution in [2.45, 2.75) is 13.5 Å². The monoisotopic (exact) mass is 233 g/mol. The van der Waals surface area contributed by atoms with Gasteiger partial charge in [0.05, 0.1) is 18.1 Å². The summed E-state index contributed by atoms with van der Waals surface area (Å²) in [5.74, 6) is 1.93. The molecular formula is C13H19N3O. The molecule has 1 aromatic carbocycles. The first kappa shape index (κ1) is 11.9. The summed E-state index contributed by atoms with van der Waals surface area (Å²) in [6.07, 6.45) is 0. The number of methoxy groups -OCH3 is 1. The summed E-state index contributed by atoms with van der Waals surface area (Å²) >= 11 is 0. The van der Waals surface area contributed by atoms with E-state index in [0.717, 1.165) is 35.7 Å². The van der Waals surface area contributed by atoms with Crippen LogP contribution in [0, 0.1) is 6.92 Å². The van der Waals surface area contributed by atoms with Gasteiger partial charge in [0, 0.05) is 19.2 Å². The van der Waals surface area contributed by atoms with Gasteiger partial charge in [0.1, 0.15) is 11.6 Å². The number of imidazole rings is 1. The van der Waals surface area contributed by atoms with Gasteiger partial charge in [0.2, 0.25) is 0 Å². The molecule has 0 radical (unpaired) electrons. The Morgan fingerprint density at radius 1 is 1.35 bits per heavy atom. The summed E-state index contributed by atoms with van der Waals surface area (Å²) in [4.78, 5) is 6.73. The molecule has 4 nitrogen and oxygen atoms in total. The van der Waals surface area contributed by atoms with Crippen molar-refractivity contribution in [1.29, 1.82) is 0 Å². The van der Waals surface area contributed by atoms with Crippen LogP contribution in [-0.2, 0) is 6.54 Å². The molecule has 0 spiro atoms. The van der Waals surface area contributed by atoms with E-state index in [1.165, 1.54) is 0 Å². The summed E-state index contributed by atoms with van der Waals surface area (Å²) < 4.78 is 7.49. The van der Waals surface area contributed by atoms with Gasteiger partial charge in [-0.2, -0.15) is 0 Å². The molecule has 0 amide bonds. The van der Waals surface area contributed by atoms with E-state index in [1.54, 1.807) is 7.11 Å². The highest BCUT2D eigenvalue weighted by Crippen LogP contribution is 2.21. The Kier molecular flexibility index (Phi) is 3.33. The zero-order valence-electron chi connectivity index (χ0n) is 10.9. The number of rotatable bonds is 4. The average Bonchev–Trinajstić information content (AvgIpc) is 2.61. The fourth-order valence-electron chi connectivity index (χ4n) is 1.93. The highest BCUT2D eigenvalue weighted by molar-refractivity contribution is 5.77. The molecule has 0 bridgehead atoms. The van der Waals surface area contributed by atoms with Crippen LogP contribution in [0.4, 0.5) is 0 Å². The van der Waals surface area contributed by atoms with Gasteiger partial charge in [-0.05, 0) is 33.2 Å². The second-order valence-electron chi connectivity index (χ2n) is 4.47. The van der Waals surface area contributed by atoms with Crippen LogP contribution in [0.25, 0.3) is 11.0 Å². The molecule has 0 atom stereocenters. The van der Waals surface area contributed by atoms with E-state index in [0.29, 0.717) is 0 Å². The Balaban J connectivity index is 2.41. The van der Waals surface area contributed by atoms with Gasteiger partial charge in [-0.1, -0.05) is 0 Å². The molecule has 0 saturated heterocycles. The maximum absolute atomic E-state index is 5.26. The quantitative estimate of drug-likeness (QED) is 0.808. The van der Waals surface area contributed by atoms with Crippen LogP contribution in [0.3, 0.4) is 0 Å². The predicted molar refractivity (Wildman–Crippen MR) is 69.6 cm³/mol. The zero-order chi connectivity index (χ0) is 12.4. The van der Waals surface area contributed by atoms with Crippen LogP contribution in [-0.4, -0.2) is 42.2 Å². The number of fused-ring (bicyclic) bond motifs is 1. The minimum Gasteiger partial charge on any atom is -0.497 e. The van der Waals surface area contributed by atoms with Gasteiger partial charge in [-0.15, -0.1) is 0 Å². The van der Waals surface area contributed by atoms with Gasteiger partial charge in [0.25, 0.3) is 0 Å². The molecule has 17 heavy (non-hydrogen) atoms. The van der Waals surface area contributed by atoms with Gasteiger partial charge in [-0.3, -0.25) is 0 Å². The van der Waals surface area contributed by atoms with Crippen molar-refractivity contribution in [1.82, 2.24) is 14.5 Å². The zero-order valence-corrected chi connectivity index (χ0v) is 10.9. The average molecular weight is 233 g/mol. The topological polar surface area (TPSA) is 30.3 Å². The first-order valence-electron chi connectivity index (χ1n) is 5.77. The van der Waals surface area contributed by atoms with Gasteiger partial charge >= 0.3 is 0 Å². The van der Waals surface area contributed by atoms with Crippen LogP contribution < -0.4 is 4.74 Å². The second-order valence-corrected chi connectivity index (χ2v) is 4.47. The lowest BCUT2D eigenvalue weighted by molar-refractivity contribution is 0.384. The Bertz CT molecular complexity index is 517. The molecule has 0 aliphatic rings. The van der Waals surface area contributed by atoms with Gasteiger partial charge in [-0.25, -0.2) is 4.98 Å². The lowest BCUT2D eigenvalue weighted by atomic mass is 10.3. The lowest BCUT2D eigenvalue weighted by Gasteiger charge is -2.12. The number of benzene rings is 1. The second kappa shape index (κ2) is 4.75. The normalized spacial score (nSPS) is 11.4. The van der Waals surface area contributed by atoms with Crippen molar-refractivity contribution in [2.24, 2.45) is 0 Å². The summed E-state index contributed by atoms with van der Waals surface area (Å²) in [6.45, 7) is 3.99. The number of aromatic nitrogens is 2. The van der Waals surface area contributed by atoms with Crippen molar-refractivity contribution in [3.63, 3.8) is 0 Å².